The maximum atomic E-state index is 10.8. The zero-order chi connectivity index (χ0) is 15.7. The van der Waals surface area contributed by atoms with Crippen LogP contribution in [-0.4, -0.2) is 29.1 Å². The third-order valence-corrected chi connectivity index (χ3v) is 4.51. The molecule has 0 spiro atoms. The van der Waals surface area contributed by atoms with Crippen molar-refractivity contribution in [3.8, 4) is 11.1 Å². The lowest BCUT2D eigenvalue weighted by atomic mass is 9.98. The molecule has 1 N–H and O–H groups in total. The monoisotopic (exact) mass is 295 g/mol. The number of hydrogen-bond acceptors (Lipinski definition) is 2. The largest absolute Gasteiger partial charge is 0.481 e. The Hall–Kier alpha value is -2.13. The molecule has 2 aromatic rings. The van der Waals surface area contributed by atoms with Crippen LogP contribution in [0.5, 0.6) is 0 Å². The maximum Gasteiger partial charge on any atom is 0.309 e. The Morgan fingerprint density at radius 1 is 1.05 bits per heavy atom. The summed E-state index contributed by atoms with van der Waals surface area (Å²) in [5.41, 5.74) is 6.31. The molecule has 2 aromatic carbocycles. The normalized spacial score (nSPS) is 15.5. The zero-order valence-corrected chi connectivity index (χ0v) is 13.0. The molecule has 0 amide bonds. The minimum absolute atomic E-state index is 0.185. The number of carboxylic acid groups (broad SMARTS) is 1. The number of aryl methyl sites for hydroxylation is 2. The number of likely N-dealkylation sites (tertiary alicyclic amines) is 1. The second-order valence-electron chi connectivity index (χ2n) is 6.23. The van der Waals surface area contributed by atoms with E-state index in [1.807, 2.05) is 0 Å². The summed E-state index contributed by atoms with van der Waals surface area (Å²) in [4.78, 5) is 13.0. The second kappa shape index (κ2) is 5.93. The maximum absolute atomic E-state index is 10.8. The summed E-state index contributed by atoms with van der Waals surface area (Å²) in [6.07, 6.45) is 0. The first-order valence-electron chi connectivity index (χ1n) is 7.64. The number of benzene rings is 2. The van der Waals surface area contributed by atoms with Crippen LogP contribution in [0.15, 0.2) is 42.5 Å². The number of hydrogen-bond donors (Lipinski definition) is 1. The van der Waals surface area contributed by atoms with Gasteiger partial charge >= 0.3 is 5.97 Å². The predicted molar refractivity (Wildman–Crippen MR) is 87.8 cm³/mol. The van der Waals surface area contributed by atoms with Crippen LogP contribution in [0.3, 0.4) is 0 Å². The lowest BCUT2D eigenvalue weighted by Gasteiger charge is -2.36. The summed E-state index contributed by atoms with van der Waals surface area (Å²) in [7, 11) is 0. The highest BCUT2D eigenvalue weighted by molar-refractivity contribution is 5.71. The van der Waals surface area contributed by atoms with Gasteiger partial charge in [0.1, 0.15) is 0 Å². The van der Waals surface area contributed by atoms with Gasteiger partial charge in [-0.25, -0.2) is 0 Å². The molecule has 0 radical (unpaired) electrons. The molecule has 1 aliphatic heterocycles. The van der Waals surface area contributed by atoms with Gasteiger partial charge in [0.2, 0.25) is 0 Å². The van der Waals surface area contributed by atoms with Crippen LogP contribution in [0, 0.1) is 19.8 Å². The first-order chi connectivity index (χ1) is 10.5. The lowest BCUT2D eigenvalue weighted by molar-refractivity contribution is -0.147. The summed E-state index contributed by atoms with van der Waals surface area (Å²) >= 11 is 0. The number of rotatable bonds is 4. The van der Waals surface area contributed by atoms with Gasteiger partial charge in [-0.1, -0.05) is 42.5 Å². The van der Waals surface area contributed by atoms with Crippen molar-refractivity contribution in [3.63, 3.8) is 0 Å². The second-order valence-corrected chi connectivity index (χ2v) is 6.23. The highest BCUT2D eigenvalue weighted by atomic mass is 16.4. The van der Waals surface area contributed by atoms with Crippen molar-refractivity contribution >= 4 is 5.97 Å². The smallest absolute Gasteiger partial charge is 0.309 e. The van der Waals surface area contributed by atoms with Crippen LogP contribution in [0.1, 0.15) is 16.7 Å². The fourth-order valence-corrected chi connectivity index (χ4v) is 2.84. The Morgan fingerprint density at radius 3 is 2.27 bits per heavy atom. The predicted octanol–water partition coefficient (Wildman–Crippen LogP) is 3.49. The quantitative estimate of drug-likeness (QED) is 0.938. The van der Waals surface area contributed by atoms with Crippen LogP contribution >= 0.6 is 0 Å². The van der Waals surface area contributed by atoms with E-state index >= 15 is 0 Å². The van der Waals surface area contributed by atoms with Crippen LogP contribution in [0.4, 0.5) is 0 Å². The first-order valence-corrected chi connectivity index (χ1v) is 7.64. The Morgan fingerprint density at radius 2 is 1.68 bits per heavy atom. The number of aliphatic carboxylic acids is 1. The van der Waals surface area contributed by atoms with Gasteiger partial charge in [0.15, 0.2) is 0 Å². The minimum Gasteiger partial charge on any atom is -0.481 e. The highest BCUT2D eigenvalue weighted by Crippen LogP contribution is 2.24. The van der Waals surface area contributed by atoms with Gasteiger partial charge in [-0.3, -0.25) is 9.69 Å². The lowest BCUT2D eigenvalue weighted by Crippen LogP contribution is -2.49. The SMILES string of the molecule is Cc1ccc(-c2ccc(CN3CC(C(=O)O)C3)cc2)cc1C. The molecular formula is C19H21NO2. The van der Waals surface area contributed by atoms with Gasteiger partial charge in [0.25, 0.3) is 0 Å². The fraction of sp³-hybridized carbons (Fsp3) is 0.316. The highest BCUT2D eigenvalue weighted by Gasteiger charge is 2.31. The van der Waals surface area contributed by atoms with Gasteiger partial charge in [-0.05, 0) is 41.7 Å². The van der Waals surface area contributed by atoms with Crippen LogP contribution in [-0.2, 0) is 11.3 Å². The van der Waals surface area contributed by atoms with Crippen molar-refractivity contribution in [2.24, 2.45) is 5.92 Å². The van der Waals surface area contributed by atoms with E-state index < -0.39 is 5.97 Å². The molecular weight excluding hydrogens is 274 g/mol. The van der Waals surface area contributed by atoms with Crippen molar-refractivity contribution in [1.82, 2.24) is 4.90 Å². The summed E-state index contributed by atoms with van der Waals surface area (Å²) < 4.78 is 0. The molecule has 3 rings (SSSR count). The third-order valence-electron chi connectivity index (χ3n) is 4.51. The number of carboxylic acids is 1. The van der Waals surface area contributed by atoms with E-state index in [2.05, 4.69) is 61.2 Å². The van der Waals surface area contributed by atoms with Crippen LogP contribution < -0.4 is 0 Å². The first kappa shape index (κ1) is 14.8. The molecule has 1 aliphatic rings. The molecule has 1 fully saturated rings. The summed E-state index contributed by atoms with van der Waals surface area (Å²) in [6, 6.07) is 15.1. The molecule has 0 aliphatic carbocycles. The van der Waals surface area contributed by atoms with Crippen molar-refractivity contribution in [3.05, 3.63) is 59.2 Å². The fourth-order valence-electron chi connectivity index (χ4n) is 2.84. The van der Waals surface area contributed by atoms with E-state index in [0.717, 1.165) is 6.54 Å². The van der Waals surface area contributed by atoms with E-state index in [0.29, 0.717) is 13.1 Å². The van der Waals surface area contributed by atoms with Crippen LogP contribution in [0.2, 0.25) is 0 Å². The van der Waals surface area contributed by atoms with Crippen molar-refractivity contribution in [2.75, 3.05) is 13.1 Å². The van der Waals surface area contributed by atoms with Crippen molar-refractivity contribution < 1.29 is 9.90 Å². The van der Waals surface area contributed by atoms with Crippen molar-refractivity contribution in [1.29, 1.82) is 0 Å². The number of nitrogens with zero attached hydrogens (tertiary/aromatic N) is 1. The Bertz CT molecular complexity index is 685. The summed E-state index contributed by atoms with van der Waals surface area (Å²) in [6.45, 7) is 6.41. The van der Waals surface area contributed by atoms with Gasteiger partial charge in [0, 0.05) is 19.6 Å². The molecule has 22 heavy (non-hydrogen) atoms. The minimum atomic E-state index is -0.679. The average molecular weight is 295 g/mol. The molecule has 0 saturated carbocycles. The summed E-state index contributed by atoms with van der Waals surface area (Å²) in [5, 5.41) is 8.89. The molecule has 0 aromatic heterocycles. The standard InChI is InChI=1S/C19H21NO2/c1-13-3-6-17(9-14(13)2)16-7-4-15(5-8-16)10-20-11-18(12-20)19(21)22/h3-9,18H,10-12H2,1-2H3,(H,21,22). The van der Waals surface area contributed by atoms with E-state index in [4.69, 9.17) is 5.11 Å². The Kier molecular flexibility index (Phi) is 3.99. The molecule has 3 heteroatoms. The van der Waals surface area contributed by atoms with E-state index in [1.165, 1.54) is 27.8 Å². The Labute approximate surface area is 131 Å². The molecule has 3 nitrogen and oxygen atoms in total. The molecule has 0 atom stereocenters. The molecule has 0 unspecified atom stereocenters. The van der Waals surface area contributed by atoms with E-state index in [1.54, 1.807) is 0 Å². The molecule has 1 saturated heterocycles. The molecule has 1 heterocycles. The molecule has 0 bridgehead atoms. The van der Waals surface area contributed by atoms with Gasteiger partial charge in [0.05, 0.1) is 5.92 Å². The van der Waals surface area contributed by atoms with Crippen molar-refractivity contribution in [2.45, 2.75) is 20.4 Å². The topological polar surface area (TPSA) is 40.5 Å². The summed E-state index contributed by atoms with van der Waals surface area (Å²) in [5.74, 6) is -0.865. The van der Waals surface area contributed by atoms with E-state index in [-0.39, 0.29) is 5.92 Å². The number of carbonyl (C=O) groups is 1. The average Bonchev–Trinajstić information content (AvgIpc) is 2.45. The van der Waals surface area contributed by atoms with Gasteiger partial charge in [-0.15, -0.1) is 0 Å². The van der Waals surface area contributed by atoms with E-state index in [9.17, 15) is 4.79 Å². The molecule has 114 valence electrons. The van der Waals surface area contributed by atoms with Gasteiger partial charge in [-0.2, -0.15) is 0 Å². The third kappa shape index (κ3) is 3.04. The van der Waals surface area contributed by atoms with Gasteiger partial charge < -0.3 is 5.11 Å². The zero-order valence-electron chi connectivity index (χ0n) is 13.0. The van der Waals surface area contributed by atoms with Crippen LogP contribution in [0.25, 0.3) is 11.1 Å². The Balaban J connectivity index is 1.65.